The fourth-order valence-corrected chi connectivity index (χ4v) is 3.11. The van der Waals surface area contributed by atoms with Crippen LogP contribution in [0, 0.1) is 0 Å². The molecule has 0 bridgehead atoms. The minimum Gasteiger partial charge on any atom is -0.409 e. The highest BCUT2D eigenvalue weighted by atomic mass is 32.1. The molecule has 2 atom stereocenters. The highest BCUT2D eigenvalue weighted by molar-refractivity contribution is 7.09. The van der Waals surface area contributed by atoms with Crippen LogP contribution < -0.4 is 11.1 Å². The van der Waals surface area contributed by atoms with Gasteiger partial charge < -0.3 is 16.3 Å². The van der Waals surface area contributed by atoms with E-state index in [2.05, 4.69) is 34.9 Å². The molecule has 112 valence electrons. The molecule has 2 aromatic rings. The first-order valence-electron chi connectivity index (χ1n) is 6.99. The van der Waals surface area contributed by atoms with Crippen LogP contribution in [-0.4, -0.2) is 23.6 Å². The maximum absolute atomic E-state index is 8.98. The third-order valence-electron chi connectivity index (χ3n) is 3.43. The summed E-state index contributed by atoms with van der Waals surface area (Å²) in [6.45, 7) is 2.79. The zero-order valence-electron chi connectivity index (χ0n) is 12.1. The zero-order valence-corrected chi connectivity index (χ0v) is 12.9. The largest absolute Gasteiger partial charge is 0.409 e. The van der Waals surface area contributed by atoms with Crippen molar-refractivity contribution in [3.05, 3.63) is 58.3 Å². The number of benzene rings is 1. The van der Waals surface area contributed by atoms with Gasteiger partial charge in [-0.15, -0.1) is 11.3 Å². The lowest BCUT2D eigenvalue weighted by atomic mass is 9.97. The molecule has 0 aliphatic carbocycles. The van der Waals surface area contributed by atoms with Gasteiger partial charge in [-0.25, -0.2) is 0 Å². The van der Waals surface area contributed by atoms with Gasteiger partial charge in [0, 0.05) is 17.5 Å². The minimum atomic E-state index is -0.123. The lowest BCUT2D eigenvalue weighted by molar-refractivity contribution is 0.315. The van der Waals surface area contributed by atoms with Gasteiger partial charge in [0.05, 0.1) is 5.92 Å². The number of hydrogen-bond donors (Lipinski definition) is 3. The number of nitrogens with two attached hydrogens (primary N) is 1. The van der Waals surface area contributed by atoms with E-state index >= 15 is 0 Å². The average molecular weight is 303 g/mol. The lowest BCUT2D eigenvalue weighted by Gasteiger charge is -2.20. The topological polar surface area (TPSA) is 70.6 Å². The molecule has 0 aliphatic heterocycles. The first-order chi connectivity index (χ1) is 10.2. The standard InChI is InChI=1S/C16H21N3OS/c1-12(10-14-8-5-9-21-14)18-11-15(16(17)19-20)13-6-3-2-4-7-13/h2-9,12,15,18,20H,10-11H2,1H3,(H2,17,19). The van der Waals surface area contributed by atoms with E-state index in [9.17, 15) is 0 Å². The van der Waals surface area contributed by atoms with E-state index in [4.69, 9.17) is 10.9 Å². The van der Waals surface area contributed by atoms with Crippen LogP contribution in [0.15, 0.2) is 53.0 Å². The van der Waals surface area contributed by atoms with Crippen LogP contribution in [0.4, 0.5) is 0 Å². The Morgan fingerprint density at radius 3 is 2.67 bits per heavy atom. The summed E-state index contributed by atoms with van der Waals surface area (Å²) in [7, 11) is 0. The highest BCUT2D eigenvalue weighted by Gasteiger charge is 2.17. The van der Waals surface area contributed by atoms with Crippen molar-refractivity contribution in [1.29, 1.82) is 0 Å². The molecule has 0 aliphatic rings. The van der Waals surface area contributed by atoms with Crippen LogP contribution in [0.5, 0.6) is 0 Å². The van der Waals surface area contributed by atoms with Crippen molar-refractivity contribution in [2.75, 3.05) is 6.54 Å². The molecule has 0 saturated carbocycles. The molecule has 1 aromatic carbocycles. The molecule has 0 spiro atoms. The molecule has 2 rings (SSSR count). The van der Waals surface area contributed by atoms with Gasteiger partial charge in [0.1, 0.15) is 5.84 Å². The van der Waals surface area contributed by atoms with Crippen molar-refractivity contribution in [3.63, 3.8) is 0 Å². The number of rotatable bonds is 7. The van der Waals surface area contributed by atoms with Gasteiger partial charge in [-0.1, -0.05) is 41.6 Å². The van der Waals surface area contributed by atoms with Crippen LogP contribution in [0.2, 0.25) is 0 Å². The fourth-order valence-electron chi connectivity index (χ4n) is 2.27. The van der Waals surface area contributed by atoms with Crippen LogP contribution in [0.1, 0.15) is 23.3 Å². The summed E-state index contributed by atoms with van der Waals surface area (Å²) in [5, 5.41) is 17.7. The van der Waals surface area contributed by atoms with Crippen LogP contribution in [0.25, 0.3) is 0 Å². The maximum Gasteiger partial charge on any atom is 0.147 e. The number of amidine groups is 1. The lowest BCUT2D eigenvalue weighted by Crippen LogP contribution is -2.36. The molecular formula is C16H21N3OS. The van der Waals surface area contributed by atoms with E-state index in [1.165, 1.54) is 4.88 Å². The van der Waals surface area contributed by atoms with Gasteiger partial charge in [-0.2, -0.15) is 0 Å². The zero-order chi connectivity index (χ0) is 15.1. The summed E-state index contributed by atoms with van der Waals surface area (Å²) in [5.74, 6) is 0.110. The molecule has 1 heterocycles. The minimum absolute atomic E-state index is 0.123. The highest BCUT2D eigenvalue weighted by Crippen LogP contribution is 2.16. The summed E-state index contributed by atoms with van der Waals surface area (Å²) in [4.78, 5) is 1.36. The first-order valence-corrected chi connectivity index (χ1v) is 7.86. The van der Waals surface area contributed by atoms with Crippen molar-refractivity contribution in [3.8, 4) is 0 Å². The van der Waals surface area contributed by atoms with E-state index in [0.717, 1.165) is 12.0 Å². The van der Waals surface area contributed by atoms with Gasteiger partial charge in [-0.05, 0) is 30.4 Å². The molecule has 0 radical (unpaired) electrons. The van der Waals surface area contributed by atoms with E-state index in [1.54, 1.807) is 11.3 Å². The van der Waals surface area contributed by atoms with E-state index in [0.29, 0.717) is 12.6 Å². The molecule has 1 aromatic heterocycles. The number of nitrogens with zero attached hydrogens (tertiary/aromatic N) is 1. The van der Waals surface area contributed by atoms with Crippen LogP contribution >= 0.6 is 11.3 Å². The van der Waals surface area contributed by atoms with Gasteiger partial charge in [-0.3, -0.25) is 0 Å². The number of oxime groups is 1. The van der Waals surface area contributed by atoms with Crippen molar-refractivity contribution >= 4 is 17.2 Å². The van der Waals surface area contributed by atoms with E-state index < -0.39 is 0 Å². The second-order valence-electron chi connectivity index (χ2n) is 5.08. The van der Waals surface area contributed by atoms with Crippen molar-refractivity contribution in [2.45, 2.75) is 25.3 Å². The monoisotopic (exact) mass is 303 g/mol. The predicted octanol–water partition coefficient (Wildman–Crippen LogP) is 2.80. The van der Waals surface area contributed by atoms with Gasteiger partial charge in [0.15, 0.2) is 0 Å². The maximum atomic E-state index is 8.98. The molecule has 21 heavy (non-hydrogen) atoms. The molecule has 5 heteroatoms. The number of thiophene rings is 1. The predicted molar refractivity (Wildman–Crippen MR) is 88.1 cm³/mol. The van der Waals surface area contributed by atoms with Gasteiger partial charge >= 0.3 is 0 Å². The van der Waals surface area contributed by atoms with Crippen molar-refractivity contribution < 1.29 is 5.21 Å². The Labute approximate surface area is 129 Å². The van der Waals surface area contributed by atoms with Crippen LogP contribution in [0.3, 0.4) is 0 Å². The summed E-state index contributed by atoms with van der Waals surface area (Å²) < 4.78 is 0. The molecular weight excluding hydrogens is 282 g/mol. The Morgan fingerprint density at radius 1 is 1.29 bits per heavy atom. The summed E-state index contributed by atoms with van der Waals surface area (Å²) in [6.07, 6.45) is 0.981. The average Bonchev–Trinajstić information content (AvgIpc) is 3.01. The summed E-state index contributed by atoms with van der Waals surface area (Å²) >= 11 is 1.76. The smallest absolute Gasteiger partial charge is 0.147 e. The van der Waals surface area contributed by atoms with E-state index in [-0.39, 0.29) is 11.8 Å². The Morgan fingerprint density at radius 2 is 2.05 bits per heavy atom. The third kappa shape index (κ3) is 4.58. The quantitative estimate of drug-likeness (QED) is 0.319. The third-order valence-corrected chi connectivity index (χ3v) is 4.33. The Bertz CT molecular complexity index is 554. The molecule has 0 saturated heterocycles. The molecule has 4 nitrogen and oxygen atoms in total. The molecule has 0 fully saturated rings. The Hall–Kier alpha value is -1.85. The molecule has 0 amide bonds. The number of nitrogens with one attached hydrogen (secondary N) is 1. The van der Waals surface area contributed by atoms with Gasteiger partial charge in [0.2, 0.25) is 0 Å². The summed E-state index contributed by atoms with van der Waals surface area (Å²) in [6, 6.07) is 14.4. The molecule has 4 N–H and O–H groups in total. The Kier molecular flexibility index (Phi) is 5.78. The molecule has 2 unspecified atom stereocenters. The van der Waals surface area contributed by atoms with Crippen molar-refractivity contribution in [2.24, 2.45) is 10.9 Å². The van der Waals surface area contributed by atoms with Crippen molar-refractivity contribution in [1.82, 2.24) is 5.32 Å². The normalized spacial score (nSPS) is 14.8. The van der Waals surface area contributed by atoms with Crippen LogP contribution in [-0.2, 0) is 6.42 Å². The van der Waals surface area contributed by atoms with Gasteiger partial charge in [0.25, 0.3) is 0 Å². The summed E-state index contributed by atoms with van der Waals surface area (Å²) in [5.41, 5.74) is 6.88. The number of hydrogen-bond acceptors (Lipinski definition) is 4. The SMILES string of the molecule is CC(Cc1cccs1)NCC(C(N)=NO)c1ccccc1. The van der Waals surface area contributed by atoms with E-state index in [1.807, 2.05) is 30.3 Å². The second-order valence-corrected chi connectivity index (χ2v) is 6.11. The fraction of sp³-hybridized carbons (Fsp3) is 0.312. The second kappa shape index (κ2) is 7.81. The Balaban J connectivity index is 1.96. The first kappa shape index (κ1) is 15.5.